The predicted molar refractivity (Wildman–Crippen MR) is 34.5 cm³/mol. The monoisotopic (exact) mass is 110 g/mol. The van der Waals surface area contributed by atoms with E-state index in [-0.39, 0.29) is 0 Å². The van der Waals surface area contributed by atoms with E-state index in [2.05, 4.69) is 13.8 Å². The van der Waals surface area contributed by atoms with Gasteiger partial charge in [0, 0.05) is 0 Å². The van der Waals surface area contributed by atoms with Crippen LogP contribution < -0.4 is 0 Å². The highest BCUT2D eigenvalue weighted by molar-refractivity contribution is 4.98. The van der Waals surface area contributed by atoms with Crippen molar-refractivity contribution in [3.63, 3.8) is 0 Å². The summed E-state index contributed by atoms with van der Waals surface area (Å²) < 4.78 is 0. The maximum absolute atomic E-state index is 2.40. The van der Waals surface area contributed by atoms with Gasteiger partial charge in [-0.1, -0.05) is 13.8 Å². The SMILES string of the molecule is CC1CC2CC(C)C12. The maximum atomic E-state index is 2.40. The molecule has 2 aliphatic rings. The molecule has 0 radical (unpaired) electrons. The Morgan fingerprint density at radius 3 is 1.62 bits per heavy atom. The minimum atomic E-state index is 1.07. The molecule has 0 N–H and O–H groups in total. The van der Waals surface area contributed by atoms with Crippen molar-refractivity contribution >= 4 is 0 Å². The molecule has 0 saturated heterocycles. The Bertz CT molecular complexity index is 87.9. The van der Waals surface area contributed by atoms with Crippen molar-refractivity contribution in [3.8, 4) is 0 Å². The first-order valence-electron chi connectivity index (χ1n) is 3.79. The summed E-state index contributed by atoms with van der Waals surface area (Å²) in [4.78, 5) is 0. The molecule has 2 atom stereocenters. The smallest absolute Gasteiger partial charge is 0.0334 e. The fraction of sp³-hybridized carbons (Fsp3) is 1.00. The van der Waals surface area contributed by atoms with Gasteiger partial charge >= 0.3 is 0 Å². The maximum Gasteiger partial charge on any atom is -0.0334 e. The summed E-state index contributed by atoms with van der Waals surface area (Å²) in [6, 6.07) is 0. The third-order valence-corrected chi connectivity index (χ3v) is 3.21. The van der Waals surface area contributed by atoms with Crippen LogP contribution in [0.4, 0.5) is 0 Å². The molecule has 2 fully saturated rings. The van der Waals surface area contributed by atoms with Crippen LogP contribution in [0.3, 0.4) is 0 Å². The van der Waals surface area contributed by atoms with Gasteiger partial charge in [0.05, 0.1) is 0 Å². The highest BCUT2D eigenvalue weighted by atomic mass is 14.5. The van der Waals surface area contributed by atoms with E-state index in [9.17, 15) is 0 Å². The second kappa shape index (κ2) is 1.29. The van der Waals surface area contributed by atoms with Crippen LogP contribution in [-0.2, 0) is 0 Å². The zero-order chi connectivity index (χ0) is 5.72. The lowest BCUT2D eigenvalue weighted by Crippen LogP contribution is -2.49. The normalized spacial score (nSPS) is 60.8. The molecule has 2 saturated carbocycles. The van der Waals surface area contributed by atoms with E-state index in [1.54, 1.807) is 0 Å². The second-order valence-corrected chi connectivity index (χ2v) is 3.76. The van der Waals surface area contributed by atoms with Gasteiger partial charge in [-0.3, -0.25) is 0 Å². The van der Waals surface area contributed by atoms with Crippen molar-refractivity contribution in [2.45, 2.75) is 26.7 Å². The van der Waals surface area contributed by atoms with Crippen molar-refractivity contribution in [1.82, 2.24) is 0 Å². The molecule has 0 bridgehead atoms. The molecular formula is C8H14. The van der Waals surface area contributed by atoms with Crippen LogP contribution >= 0.6 is 0 Å². The van der Waals surface area contributed by atoms with Crippen molar-refractivity contribution in [2.24, 2.45) is 23.7 Å². The van der Waals surface area contributed by atoms with Crippen molar-refractivity contribution < 1.29 is 0 Å². The average molecular weight is 110 g/mol. The van der Waals surface area contributed by atoms with Crippen molar-refractivity contribution in [3.05, 3.63) is 0 Å². The number of hydrogen-bond acceptors (Lipinski definition) is 0. The van der Waals surface area contributed by atoms with E-state index in [0.29, 0.717) is 0 Å². The summed E-state index contributed by atoms with van der Waals surface area (Å²) in [7, 11) is 0. The van der Waals surface area contributed by atoms with E-state index in [1.807, 2.05) is 0 Å². The third kappa shape index (κ3) is 0.375. The second-order valence-electron chi connectivity index (χ2n) is 3.76. The van der Waals surface area contributed by atoms with Gasteiger partial charge in [0.15, 0.2) is 0 Å². The van der Waals surface area contributed by atoms with Crippen LogP contribution in [0, 0.1) is 23.7 Å². The molecule has 0 nitrogen and oxygen atoms in total. The van der Waals surface area contributed by atoms with Crippen molar-refractivity contribution in [2.75, 3.05) is 0 Å². The van der Waals surface area contributed by atoms with E-state index in [1.165, 1.54) is 18.8 Å². The lowest BCUT2D eigenvalue weighted by Gasteiger charge is -2.56. The third-order valence-electron chi connectivity index (χ3n) is 3.21. The fourth-order valence-electron chi connectivity index (χ4n) is 2.78. The van der Waals surface area contributed by atoms with Gasteiger partial charge in [0.25, 0.3) is 0 Å². The summed E-state index contributed by atoms with van der Waals surface area (Å²) in [6.45, 7) is 4.80. The molecule has 0 aliphatic heterocycles. The lowest BCUT2D eigenvalue weighted by atomic mass is 9.49. The summed E-state index contributed by atoms with van der Waals surface area (Å²) in [6.07, 6.45) is 3.07. The number of hydrogen-bond donors (Lipinski definition) is 0. The van der Waals surface area contributed by atoms with E-state index in [0.717, 1.165) is 17.8 Å². The zero-order valence-corrected chi connectivity index (χ0v) is 5.72. The molecule has 0 aromatic carbocycles. The lowest BCUT2D eigenvalue weighted by molar-refractivity contribution is -0.0714. The standard InChI is InChI=1S/C8H14/c1-5-3-7-4-6(2)8(5)7/h5-8H,3-4H2,1-2H3. The molecule has 46 valence electrons. The van der Waals surface area contributed by atoms with Crippen LogP contribution in [0.1, 0.15) is 26.7 Å². The molecule has 2 aliphatic carbocycles. The summed E-state index contributed by atoms with van der Waals surface area (Å²) >= 11 is 0. The highest BCUT2D eigenvalue weighted by Gasteiger charge is 2.49. The molecule has 0 amide bonds. The van der Waals surface area contributed by atoms with Crippen LogP contribution in [0.15, 0.2) is 0 Å². The Labute approximate surface area is 51.3 Å². The van der Waals surface area contributed by atoms with Gasteiger partial charge in [0.2, 0.25) is 0 Å². The molecule has 0 aromatic rings. The van der Waals surface area contributed by atoms with Gasteiger partial charge < -0.3 is 0 Å². The Balaban J connectivity index is 1.99. The van der Waals surface area contributed by atoms with Crippen LogP contribution in [0.2, 0.25) is 0 Å². The predicted octanol–water partition coefficient (Wildman–Crippen LogP) is 2.30. The number of rotatable bonds is 0. The number of fused-ring (bicyclic) bond motifs is 1. The minimum Gasteiger partial charge on any atom is -0.0622 e. The highest BCUT2D eigenvalue weighted by Crippen LogP contribution is 2.57. The molecule has 0 heteroatoms. The molecule has 8 heavy (non-hydrogen) atoms. The van der Waals surface area contributed by atoms with Crippen LogP contribution in [-0.4, -0.2) is 0 Å². The minimum absolute atomic E-state index is 1.07. The van der Waals surface area contributed by atoms with Gasteiger partial charge in [-0.2, -0.15) is 0 Å². The molecule has 0 spiro atoms. The Morgan fingerprint density at radius 2 is 1.50 bits per heavy atom. The molecular weight excluding hydrogens is 96.1 g/mol. The summed E-state index contributed by atoms with van der Waals surface area (Å²) in [5.74, 6) is 4.46. The van der Waals surface area contributed by atoms with Crippen molar-refractivity contribution in [1.29, 1.82) is 0 Å². The molecule has 0 aromatic heterocycles. The first-order chi connectivity index (χ1) is 3.79. The Hall–Kier alpha value is 0. The average Bonchev–Trinajstić information content (AvgIpc) is 1.63. The van der Waals surface area contributed by atoms with Gasteiger partial charge in [-0.15, -0.1) is 0 Å². The largest absolute Gasteiger partial charge is 0.0622 e. The first kappa shape index (κ1) is 4.84. The van der Waals surface area contributed by atoms with Crippen LogP contribution in [0.5, 0.6) is 0 Å². The topological polar surface area (TPSA) is 0 Å². The summed E-state index contributed by atoms with van der Waals surface area (Å²) in [5.41, 5.74) is 0. The van der Waals surface area contributed by atoms with E-state index >= 15 is 0 Å². The van der Waals surface area contributed by atoms with Gasteiger partial charge in [-0.25, -0.2) is 0 Å². The fourth-order valence-corrected chi connectivity index (χ4v) is 2.78. The first-order valence-corrected chi connectivity index (χ1v) is 3.79. The quantitative estimate of drug-likeness (QED) is 0.449. The Morgan fingerprint density at radius 1 is 1.00 bits per heavy atom. The van der Waals surface area contributed by atoms with Gasteiger partial charge in [-0.05, 0) is 36.5 Å². The molecule has 2 unspecified atom stereocenters. The van der Waals surface area contributed by atoms with Crippen LogP contribution in [0.25, 0.3) is 0 Å². The molecule has 0 heterocycles. The molecule has 2 rings (SSSR count). The van der Waals surface area contributed by atoms with Gasteiger partial charge in [0.1, 0.15) is 0 Å². The Kier molecular flexibility index (Phi) is 0.778. The van der Waals surface area contributed by atoms with E-state index < -0.39 is 0 Å². The summed E-state index contributed by atoms with van der Waals surface area (Å²) in [5, 5.41) is 0. The zero-order valence-electron chi connectivity index (χ0n) is 5.72. The van der Waals surface area contributed by atoms with E-state index in [4.69, 9.17) is 0 Å².